The highest BCUT2D eigenvalue weighted by molar-refractivity contribution is 8.04. The highest BCUT2D eigenvalue weighted by atomic mass is 32.2. The van der Waals surface area contributed by atoms with Crippen LogP contribution < -0.4 is 5.01 Å². The average molecular weight is 260 g/mol. The van der Waals surface area contributed by atoms with Gasteiger partial charge < -0.3 is 0 Å². The third-order valence-electron chi connectivity index (χ3n) is 2.40. The summed E-state index contributed by atoms with van der Waals surface area (Å²) in [6, 6.07) is 10.1. The van der Waals surface area contributed by atoms with Crippen LogP contribution in [0.25, 0.3) is 0 Å². The molecule has 0 aliphatic rings. The first kappa shape index (κ1) is 14.6. The van der Waals surface area contributed by atoms with Crippen molar-refractivity contribution in [3.8, 4) is 0 Å². The smallest absolute Gasteiger partial charge is 0.0590 e. The fraction of sp³-hybridized carbons (Fsp3) is 0.267. The number of benzene rings is 1. The lowest BCUT2D eigenvalue weighted by atomic mass is 10.1. The van der Waals surface area contributed by atoms with Gasteiger partial charge in [-0.05, 0) is 35.3 Å². The van der Waals surface area contributed by atoms with E-state index in [0.717, 1.165) is 12.1 Å². The summed E-state index contributed by atoms with van der Waals surface area (Å²) < 4.78 is 0. The van der Waals surface area contributed by atoms with Gasteiger partial charge in [0.2, 0.25) is 0 Å². The standard InChI is InChI=1S/C15H20N2S/c1-4-18-12-8-9-14(2)13-16-17(3)15-10-6-5-7-11-15/h4-8,10-14H,1,9H2,2-3H3/b12-8-,16-13-. The molecule has 0 radical (unpaired) electrons. The molecule has 3 heteroatoms. The van der Waals surface area contributed by atoms with Gasteiger partial charge in [-0.25, -0.2) is 0 Å². The maximum Gasteiger partial charge on any atom is 0.0590 e. The zero-order valence-electron chi connectivity index (χ0n) is 11.0. The van der Waals surface area contributed by atoms with Gasteiger partial charge >= 0.3 is 0 Å². The van der Waals surface area contributed by atoms with E-state index in [1.807, 2.05) is 54.0 Å². The number of thioether (sulfide) groups is 1. The number of rotatable bonds is 7. The molecule has 1 unspecified atom stereocenters. The van der Waals surface area contributed by atoms with Crippen LogP contribution in [-0.4, -0.2) is 13.3 Å². The Morgan fingerprint density at radius 1 is 1.39 bits per heavy atom. The van der Waals surface area contributed by atoms with Crippen molar-refractivity contribution in [1.29, 1.82) is 0 Å². The second-order valence-corrected chi connectivity index (χ2v) is 4.89. The molecule has 0 amide bonds. The van der Waals surface area contributed by atoms with E-state index in [2.05, 4.69) is 30.1 Å². The minimum absolute atomic E-state index is 0.429. The zero-order valence-corrected chi connectivity index (χ0v) is 11.8. The molecule has 0 saturated heterocycles. The Labute approximate surface area is 114 Å². The van der Waals surface area contributed by atoms with Gasteiger partial charge in [0.1, 0.15) is 0 Å². The predicted molar refractivity (Wildman–Crippen MR) is 84.0 cm³/mol. The largest absolute Gasteiger partial charge is 0.269 e. The normalized spacial score (nSPS) is 13.0. The highest BCUT2D eigenvalue weighted by Gasteiger charge is 1.98. The lowest BCUT2D eigenvalue weighted by molar-refractivity contribution is 0.800. The minimum Gasteiger partial charge on any atom is -0.269 e. The van der Waals surface area contributed by atoms with Crippen LogP contribution in [0.1, 0.15) is 13.3 Å². The molecule has 0 heterocycles. The Morgan fingerprint density at radius 3 is 2.78 bits per heavy atom. The summed E-state index contributed by atoms with van der Waals surface area (Å²) in [7, 11) is 1.96. The summed E-state index contributed by atoms with van der Waals surface area (Å²) in [6.45, 7) is 5.81. The molecule has 0 N–H and O–H groups in total. The van der Waals surface area contributed by atoms with Crippen molar-refractivity contribution in [2.75, 3.05) is 12.1 Å². The summed E-state index contributed by atoms with van der Waals surface area (Å²) in [4.78, 5) is 0. The Hall–Kier alpha value is -1.48. The highest BCUT2D eigenvalue weighted by Crippen LogP contribution is 2.11. The number of para-hydroxylation sites is 1. The summed E-state index contributed by atoms with van der Waals surface area (Å²) in [6.07, 6.45) is 5.12. The molecule has 1 atom stereocenters. The van der Waals surface area contributed by atoms with E-state index in [0.29, 0.717) is 5.92 Å². The second-order valence-electron chi connectivity index (χ2n) is 4.01. The lowest BCUT2D eigenvalue weighted by Crippen LogP contribution is -2.10. The second kappa shape index (κ2) is 8.59. The quantitative estimate of drug-likeness (QED) is 0.529. The number of hydrogen-bond donors (Lipinski definition) is 0. The van der Waals surface area contributed by atoms with Crippen molar-refractivity contribution < 1.29 is 0 Å². The van der Waals surface area contributed by atoms with Gasteiger partial charge in [-0.1, -0.05) is 37.8 Å². The molecule has 0 aliphatic carbocycles. The third-order valence-corrected chi connectivity index (χ3v) is 2.95. The monoisotopic (exact) mass is 260 g/mol. The number of anilines is 1. The van der Waals surface area contributed by atoms with Crippen LogP contribution in [0.4, 0.5) is 5.69 Å². The molecular formula is C15H20N2S. The van der Waals surface area contributed by atoms with Crippen LogP contribution in [0.5, 0.6) is 0 Å². The van der Waals surface area contributed by atoms with E-state index < -0.39 is 0 Å². The van der Waals surface area contributed by atoms with Crippen LogP contribution in [0, 0.1) is 5.92 Å². The van der Waals surface area contributed by atoms with Gasteiger partial charge in [0.15, 0.2) is 0 Å². The summed E-state index contributed by atoms with van der Waals surface area (Å²) in [5.41, 5.74) is 1.10. The fourth-order valence-electron chi connectivity index (χ4n) is 1.37. The number of hydrazone groups is 1. The molecular weight excluding hydrogens is 240 g/mol. The van der Waals surface area contributed by atoms with E-state index in [4.69, 9.17) is 0 Å². The number of hydrogen-bond acceptors (Lipinski definition) is 3. The summed E-state index contributed by atoms with van der Waals surface area (Å²) in [5, 5.41) is 10.2. The Bertz CT molecular complexity index is 398. The van der Waals surface area contributed by atoms with E-state index in [1.54, 1.807) is 11.8 Å². The van der Waals surface area contributed by atoms with Crippen LogP contribution >= 0.6 is 11.8 Å². The van der Waals surface area contributed by atoms with Crippen molar-refractivity contribution in [2.45, 2.75) is 13.3 Å². The Kier molecular flexibility index (Phi) is 6.96. The van der Waals surface area contributed by atoms with E-state index in [-0.39, 0.29) is 0 Å². The fourth-order valence-corrected chi connectivity index (χ4v) is 1.70. The van der Waals surface area contributed by atoms with Crippen molar-refractivity contribution >= 4 is 23.7 Å². The van der Waals surface area contributed by atoms with Crippen molar-refractivity contribution in [1.82, 2.24) is 0 Å². The van der Waals surface area contributed by atoms with Crippen LogP contribution in [0.3, 0.4) is 0 Å². The molecule has 1 aromatic rings. The number of nitrogens with zero attached hydrogens (tertiary/aromatic N) is 2. The molecule has 2 nitrogen and oxygen atoms in total. The summed E-state index contributed by atoms with van der Waals surface area (Å²) >= 11 is 1.60. The molecule has 0 aromatic heterocycles. The van der Waals surface area contributed by atoms with Crippen LogP contribution in [0.2, 0.25) is 0 Å². The van der Waals surface area contributed by atoms with Gasteiger partial charge in [-0.3, -0.25) is 5.01 Å². The van der Waals surface area contributed by atoms with Gasteiger partial charge in [-0.2, -0.15) is 5.10 Å². The first-order valence-corrected chi connectivity index (χ1v) is 6.92. The predicted octanol–water partition coefficient (Wildman–Crippen LogP) is 4.53. The summed E-state index contributed by atoms with van der Waals surface area (Å²) in [5.74, 6) is 0.429. The van der Waals surface area contributed by atoms with Crippen molar-refractivity contribution in [3.63, 3.8) is 0 Å². The minimum atomic E-state index is 0.429. The molecule has 0 aliphatic heterocycles. The number of allylic oxidation sites excluding steroid dienone is 1. The van der Waals surface area contributed by atoms with Gasteiger partial charge in [0.05, 0.1) is 5.69 Å². The van der Waals surface area contributed by atoms with Crippen molar-refractivity contribution in [3.05, 3.63) is 53.8 Å². The SMILES string of the molecule is C=CS/C=C\CC(C)/C=N\N(C)c1ccccc1. The maximum atomic E-state index is 4.44. The molecule has 0 bridgehead atoms. The van der Waals surface area contributed by atoms with Crippen molar-refractivity contribution in [2.24, 2.45) is 11.0 Å². The molecule has 96 valence electrons. The average Bonchev–Trinajstić information content (AvgIpc) is 2.42. The zero-order chi connectivity index (χ0) is 13.2. The molecule has 18 heavy (non-hydrogen) atoms. The molecule has 1 aromatic carbocycles. The van der Waals surface area contributed by atoms with Gasteiger partial charge in [0.25, 0.3) is 0 Å². The third kappa shape index (κ3) is 5.73. The van der Waals surface area contributed by atoms with E-state index in [1.165, 1.54) is 0 Å². The van der Waals surface area contributed by atoms with Crippen LogP contribution in [0.15, 0.2) is 58.9 Å². The molecule has 0 fully saturated rings. The first-order chi connectivity index (χ1) is 8.74. The molecule has 0 spiro atoms. The molecule has 1 rings (SSSR count). The Balaban J connectivity index is 2.41. The van der Waals surface area contributed by atoms with Gasteiger partial charge in [-0.15, -0.1) is 11.8 Å². The van der Waals surface area contributed by atoms with Crippen LogP contribution in [-0.2, 0) is 0 Å². The molecule has 0 saturated carbocycles. The topological polar surface area (TPSA) is 15.6 Å². The van der Waals surface area contributed by atoms with E-state index >= 15 is 0 Å². The Morgan fingerprint density at radius 2 is 2.11 bits per heavy atom. The first-order valence-electron chi connectivity index (χ1n) is 5.98. The maximum absolute atomic E-state index is 4.44. The van der Waals surface area contributed by atoms with E-state index in [9.17, 15) is 0 Å². The lowest BCUT2D eigenvalue weighted by Gasteiger charge is -2.13. The van der Waals surface area contributed by atoms with Gasteiger partial charge in [0, 0.05) is 13.3 Å².